The van der Waals surface area contributed by atoms with Crippen LogP contribution in [0.3, 0.4) is 0 Å². The number of hydrogen-bond donors (Lipinski definition) is 0. The molecule has 1 aliphatic heterocycles. The zero-order valence-electron chi connectivity index (χ0n) is 30.3. The third-order valence-corrected chi connectivity index (χ3v) is 12.1. The first kappa shape index (κ1) is 30.9. The molecule has 0 fully saturated rings. The van der Waals surface area contributed by atoms with Gasteiger partial charge in [-0.1, -0.05) is 166 Å². The maximum absolute atomic E-state index is 6.99. The zero-order valence-corrected chi connectivity index (χ0v) is 30.3. The summed E-state index contributed by atoms with van der Waals surface area (Å²) < 4.78 is 6.99. The lowest BCUT2D eigenvalue weighted by Gasteiger charge is -2.40. The van der Waals surface area contributed by atoms with Crippen LogP contribution in [-0.2, 0) is 10.8 Å². The summed E-state index contributed by atoms with van der Waals surface area (Å²) in [5.41, 5.74) is 17.8. The van der Waals surface area contributed by atoms with E-state index in [0.717, 1.165) is 34.1 Å². The molecule has 1 spiro atoms. The van der Waals surface area contributed by atoms with Crippen LogP contribution in [0.25, 0.3) is 33.4 Å². The monoisotopic (exact) mass is 691 g/mol. The molecule has 0 radical (unpaired) electrons. The fraction of sp³-hybridized carbons (Fsp3) is 0.0769. The second-order valence-corrected chi connectivity index (χ2v) is 15.2. The van der Waals surface area contributed by atoms with E-state index in [2.05, 4.69) is 207 Å². The van der Waals surface area contributed by atoms with Crippen molar-refractivity contribution in [3.8, 4) is 44.9 Å². The highest BCUT2D eigenvalue weighted by molar-refractivity contribution is 5.93. The second kappa shape index (κ2) is 11.4. The maximum Gasteiger partial charge on any atom is 0.134 e. The highest BCUT2D eigenvalue weighted by Gasteiger charge is 2.51. The van der Waals surface area contributed by atoms with Gasteiger partial charge < -0.3 is 9.64 Å². The van der Waals surface area contributed by atoms with Crippen LogP contribution in [0.1, 0.15) is 47.2 Å². The van der Waals surface area contributed by atoms with Gasteiger partial charge in [-0.2, -0.15) is 0 Å². The molecule has 8 aromatic rings. The Morgan fingerprint density at radius 3 is 1.59 bits per heavy atom. The minimum atomic E-state index is -0.508. The molecule has 256 valence electrons. The number of fused-ring (bicyclic) bond motifs is 12. The summed E-state index contributed by atoms with van der Waals surface area (Å²) in [4.78, 5) is 2.43. The smallest absolute Gasteiger partial charge is 0.134 e. The molecule has 3 aliphatic rings. The summed E-state index contributed by atoms with van der Waals surface area (Å²) in [5.74, 6) is 1.76. The van der Waals surface area contributed by atoms with Gasteiger partial charge in [-0.25, -0.2) is 0 Å². The molecule has 2 aliphatic carbocycles. The van der Waals surface area contributed by atoms with Crippen molar-refractivity contribution < 1.29 is 4.74 Å². The van der Waals surface area contributed by atoms with Gasteiger partial charge in [-0.3, -0.25) is 0 Å². The molecule has 0 bridgehead atoms. The molecule has 0 saturated heterocycles. The lowest BCUT2D eigenvalue weighted by molar-refractivity contribution is 0.436. The Morgan fingerprint density at radius 1 is 0.370 bits per heavy atom. The number of para-hydroxylation sites is 2. The molecule has 0 saturated carbocycles. The first-order chi connectivity index (χ1) is 26.5. The first-order valence-corrected chi connectivity index (χ1v) is 18.9. The second-order valence-electron chi connectivity index (χ2n) is 15.2. The molecule has 1 heterocycles. The number of ether oxygens (including phenoxy) is 1. The highest BCUT2D eigenvalue weighted by Crippen LogP contribution is 2.62. The third kappa shape index (κ3) is 4.17. The van der Waals surface area contributed by atoms with E-state index in [9.17, 15) is 0 Å². The van der Waals surface area contributed by atoms with E-state index in [-0.39, 0.29) is 5.41 Å². The Morgan fingerprint density at radius 2 is 0.870 bits per heavy atom. The van der Waals surface area contributed by atoms with Gasteiger partial charge in [0.1, 0.15) is 11.5 Å². The molecule has 0 amide bonds. The third-order valence-electron chi connectivity index (χ3n) is 12.1. The minimum Gasteiger partial charge on any atom is -0.457 e. The van der Waals surface area contributed by atoms with Crippen LogP contribution in [0.2, 0.25) is 0 Å². The summed E-state index contributed by atoms with van der Waals surface area (Å²) in [6.07, 6.45) is 0. The number of hydrogen-bond acceptors (Lipinski definition) is 2. The van der Waals surface area contributed by atoms with Crippen molar-refractivity contribution in [3.05, 3.63) is 221 Å². The van der Waals surface area contributed by atoms with E-state index in [1.54, 1.807) is 0 Å². The standard InChI is InChI=1S/C52H37NO/c1-51(2)42-22-10-6-19-38(42)41-30-28-35(32-47(41)51)53(48-26-14-9-18-37(48)34-16-4-3-5-17-34)36-29-31-46-50(33-36)54-49-27-15-13-25-45(49)52(46)43-23-11-7-20-39(43)40-21-8-12-24-44(40)52/h3-33H,1-2H3. The zero-order chi connectivity index (χ0) is 36.0. The molecular weight excluding hydrogens is 655 g/mol. The summed E-state index contributed by atoms with van der Waals surface area (Å²) in [6.45, 7) is 4.70. The van der Waals surface area contributed by atoms with Gasteiger partial charge in [0, 0.05) is 39.5 Å². The Hall–Kier alpha value is -6.64. The molecular formula is C52H37NO. The van der Waals surface area contributed by atoms with Crippen LogP contribution < -0.4 is 9.64 Å². The fourth-order valence-corrected chi connectivity index (χ4v) is 9.78. The van der Waals surface area contributed by atoms with Crippen molar-refractivity contribution in [2.45, 2.75) is 24.7 Å². The molecule has 54 heavy (non-hydrogen) atoms. The van der Waals surface area contributed by atoms with E-state index < -0.39 is 5.41 Å². The van der Waals surface area contributed by atoms with E-state index >= 15 is 0 Å². The predicted octanol–water partition coefficient (Wildman–Crippen LogP) is 13.6. The van der Waals surface area contributed by atoms with Gasteiger partial charge in [-0.05, 0) is 80.4 Å². The van der Waals surface area contributed by atoms with Crippen molar-refractivity contribution in [1.29, 1.82) is 0 Å². The number of benzene rings is 8. The van der Waals surface area contributed by atoms with Gasteiger partial charge in [0.2, 0.25) is 0 Å². The van der Waals surface area contributed by atoms with Crippen LogP contribution in [0, 0.1) is 0 Å². The van der Waals surface area contributed by atoms with Gasteiger partial charge in [0.15, 0.2) is 0 Å². The van der Waals surface area contributed by atoms with Gasteiger partial charge >= 0.3 is 0 Å². The van der Waals surface area contributed by atoms with Gasteiger partial charge in [-0.15, -0.1) is 0 Å². The van der Waals surface area contributed by atoms with Crippen molar-refractivity contribution in [2.75, 3.05) is 4.90 Å². The molecule has 0 atom stereocenters. The number of nitrogens with zero attached hydrogens (tertiary/aromatic N) is 1. The predicted molar refractivity (Wildman–Crippen MR) is 222 cm³/mol. The Kier molecular flexibility index (Phi) is 6.55. The topological polar surface area (TPSA) is 12.5 Å². The van der Waals surface area contributed by atoms with Crippen molar-refractivity contribution in [3.63, 3.8) is 0 Å². The van der Waals surface area contributed by atoms with Gasteiger partial charge in [0.05, 0.1) is 11.1 Å². The normalized spacial score (nSPS) is 14.6. The largest absolute Gasteiger partial charge is 0.457 e. The van der Waals surface area contributed by atoms with Crippen LogP contribution in [-0.4, -0.2) is 0 Å². The lowest BCUT2D eigenvalue weighted by Crippen LogP contribution is -2.32. The molecule has 2 nitrogen and oxygen atoms in total. The molecule has 2 heteroatoms. The fourth-order valence-electron chi connectivity index (χ4n) is 9.78. The SMILES string of the molecule is CC1(C)c2ccccc2-c2ccc(N(c3ccc4c(c3)Oc3ccccc3C43c4ccccc4-c4ccccc43)c3ccccc3-c3ccccc3)cc21. The molecule has 11 rings (SSSR count). The quantitative estimate of drug-likeness (QED) is 0.182. The van der Waals surface area contributed by atoms with E-state index in [4.69, 9.17) is 4.74 Å². The summed E-state index contributed by atoms with van der Waals surface area (Å²) >= 11 is 0. The molecule has 0 aromatic heterocycles. The summed E-state index contributed by atoms with van der Waals surface area (Å²) in [7, 11) is 0. The van der Waals surface area contributed by atoms with Crippen molar-refractivity contribution in [2.24, 2.45) is 0 Å². The Bertz CT molecular complexity index is 2750. The summed E-state index contributed by atoms with van der Waals surface area (Å²) in [5, 5.41) is 0. The molecule has 0 N–H and O–H groups in total. The molecule has 8 aromatic carbocycles. The molecule has 0 unspecified atom stereocenters. The highest BCUT2D eigenvalue weighted by atomic mass is 16.5. The van der Waals surface area contributed by atoms with Gasteiger partial charge in [0.25, 0.3) is 0 Å². The van der Waals surface area contributed by atoms with Crippen LogP contribution in [0.15, 0.2) is 188 Å². The maximum atomic E-state index is 6.99. The number of rotatable bonds is 4. The minimum absolute atomic E-state index is 0.134. The van der Waals surface area contributed by atoms with E-state index in [1.165, 1.54) is 61.2 Å². The van der Waals surface area contributed by atoms with Crippen molar-refractivity contribution in [1.82, 2.24) is 0 Å². The number of anilines is 3. The van der Waals surface area contributed by atoms with E-state index in [1.807, 2.05) is 0 Å². The lowest BCUT2D eigenvalue weighted by atomic mass is 9.66. The van der Waals surface area contributed by atoms with Crippen molar-refractivity contribution >= 4 is 17.1 Å². The average Bonchev–Trinajstić information content (AvgIpc) is 3.64. The summed E-state index contributed by atoms with van der Waals surface area (Å²) in [6, 6.07) is 68.7. The van der Waals surface area contributed by atoms with Crippen LogP contribution in [0.5, 0.6) is 11.5 Å². The average molecular weight is 692 g/mol. The first-order valence-electron chi connectivity index (χ1n) is 18.9. The Balaban J connectivity index is 1.16. The van der Waals surface area contributed by atoms with Crippen LogP contribution >= 0.6 is 0 Å². The van der Waals surface area contributed by atoms with E-state index in [0.29, 0.717) is 0 Å². The van der Waals surface area contributed by atoms with Crippen LogP contribution in [0.4, 0.5) is 17.1 Å². The Labute approximate surface area is 316 Å².